The summed E-state index contributed by atoms with van der Waals surface area (Å²) in [5.41, 5.74) is 2.90. The second-order valence-corrected chi connectivity index (χ2v) is 4.43. The number of carbonyl (C=O) groups excluding carboxylic acids is 1. The summed E-state index contributed by atoms with van der Waals surface area (Å²) in [5, 5.41) is 18.5. The smallest absolute Gasteiger partial charge is 0.271 e. The van der Waals surface area contributed by atoms with Gasteiger partial charge in [-0.25, -0.2) is 5.43 Å². The summed E-state index contributed by atoms with van der Waals surface area (Å²) < 4.78 is 1.16. The van der Waals surface area contributed by atoms with Crippen molar-refractivity contribution in [3.8, 4) is 0 Å². The van der Waals surface area contributed by atoms with Crippen molar-refractivity contribution in [3.63, 3.8) is 0 Å². The van der Waals surface area contributed by atoms with Crippen LogP contribution in [0.15, 0.2) is 41.8 Å². The molecule has 0 saturated carbocycles. The van der Waals surface area contributed by atoms with Gasteiger partial charge in [-0.05, 0) is 17.7 Å². The van der Waals surface area contributed by atoms with Gasteiger partial charge in [-0.2, -0.15) is 10.2 Å². The van der Waals surface area contributed by atoms with E-state index in [2.05, 4.69) is 15.6 Å². The minimum absolute atomic E-state index is 0.161. The quantitative estimate of drug-likeness (QED) is 0.514. The lowest BCUT2D eigenvalue weighted by Gasteiger charge is -1.99. The Bertz CT molecular complexity index is 680. The van der Waals surface area contributed by atoms with Crippen LogP contribution in [0.1, 0.15) is 5.56 Å². The molecule has 9 heteroatoms. The van der Waals surface area contributed by atoms with Crippen LogP contribution in [0.4, 0.5) is 5.69 Å². The third-order valence-electron chi connectivity index (χ3n) is 2.41. The van der Waals surface area contributed by atoms with Crippen LogP contribution < -0.4 is 5.43 Å². The number of hydrogen-bond donors (Lipinski definition) is 1. The summed E-state index contributed by atoms with van der Waals surface area (Å²) in [6.45, 7) is -0.161. The summed E-state index contributed by atoms with van der Waals surface area (Å²) in [4.78, 5) is 21.4. The van der Waals surface area contributed by atoms with Crippen molar-refractivity contribution in [2.24, 2.45) is 5.10 Å². The van der Waals surface area contributed by atoms with Crippen LogP contribution in [-0.2, 0) is 11.3 Å². The van der Waals surface area contributed by atoms with Crippen LogP contribution >= 0.6 is 11.6 Å². The standard InChI is InChI=1S/C12H10ClN5O3/c13-10-3-1-9(2-4-10)5-14-16-12(19)8-17-7-11(6-15-17)18(20)21/h1-7H,8H2,(H,16,19)/b14-5-. The van der Waals surface area contributed by atoms with Crippen LogP contribution in [-0.4, -0.2) is 26.8 Å². The highest BCUT2D eigenvalue weighted by molar-refractivity contribution is 6.30. The van der Waals surface area contributed by atoms with Gasteiger partial charge in [0.25, 0.3) is 5.91 Å². The lowest BCUT2D eigenvalue weighted by molar-refractivity contribution is -0.385. The van der Waals surface area contributed by atoms with Crippen molar-refractivity contribution < 1.29 is 9.72 Å². The predicted octanol–water partition coefficient (Wildman–Crippen LogP) is 1.59. The first-order valence-corrected chi connectivity index (χ1v) is 6.17. The Kier molecular flexibility index (Phi) is 4.62. The second kappa shape index (κ2) is 6.62. The zero-order chi connectivity index (χ0) is 15.2. The maximum Gasteiger partial charge on any atom is 0.307 e. The van der Waals surface area contributed by atoms with Crippen LogP contribution in [0.3, 0.4) is 0 Å². The fourth-order valence-electron chi connectivity index (χ4n) is 1.44. The molecule has 108 valence electrons. The van der Waals surface area contributed by atoms with Crippen molar-refractivity contribution in [2.75, 3.05) is 0 Å². The average molecular weight is 308 g/mol. The number of rotatable bonds is 5. The van der Waals surface area contributed by atoms with Crippen molar-refractivity contribution in [1.82, 2.24) is 15.2 Å². The highest BCUT2D eigenvalue weighted by Gasteiger charge is 2.10. The van der Waals surface area contributed by atoms with E-state index in [1.54, 1.807) is 24.3 Å². The Balaban J connectivity index is 1.86. The molecule has 0 aliphatic rings. The van der Waals surface area contributed by atoms with E-state index < -0.39 is 10.8 Å². The third kappa shape index (κ3) is 4.39. The number of benzene rings is 1. The van der Waals surface area contributed by atoms with E-state index in [1.807, 2.05) is 0 Å². The van der Waals surface area contributed by atoms with Crippen LogP contribution in [0.5, 0.6) is 0 Å². The fourth-order valence-corrected chi connectivity index (χ4v) is 1.57. The number of carbonyl (C=O) groups is 1. The third-order valence-corrected chi connectivity index (χ3v) is 2.66. The molecule has 1 N–H and O–H groups in total. The van der Waals surface area contributed by atoms with E-state index >= 15 is 0 Å². The Morgan fingerprint density at radius 3 is 2.81 bits per heavy atom. The normalized spacial score (nSPS) is 10.7. The number of hydrogen-bond acceptors (Lipinski definition) is 5. The first-order chi connectivity index (χ1) is 10.0. The molecule has 0 saturated heterocycles. The number of nitrogens with one attached hydrogen (secondary N) is 1. The maximum atomic E-state index is 11.6. The molecule has 21 heavy (non-hydrogen) atoms. The first kappa shape index (κ1) is 14.7. The molecular weight excluding hydrogens is 298 g/mol. The van der Waals surface area contributed by atoms with Gasteiger partial charge in [0.15, 0.2) is 0 Å². The zero-order valence-electron chi connectivity index (χ0n) is 10.6. The van der Waals surface area contributed by atoms with E-state index in [9.17, 15) is 14.9 Å². The molecule has 1 heterocycles. The van der Waals surface area contributed by atoms with E-state index in [4.69, 9.17) is 11.6 Å². The average Bonchev–Trinajstić information content (AvgIpc) is 2.90. The molecule has 1 aromatic carbocycles. The number of amides is 1. The monoisotopic (exact) mass is 307 g/mol. The predicted molar refractivity (Wildman–Crippen MR) is 76.1 cm³/mol. The van der Waals surface area contributed by atoms with E-state index in [0.29, 0.717) is 5.02 Å². The van der Waals surface area contributed by atoms with Gasteiger partial charge in [0.05, 0.1) is 11.1 Å². The number of nitro groups is 1. The number of nitrogens with zero attached hydrogens (tertiary/aromatic N) is 4. The Morgan fingerprint density at radius 1 is 1.48 bits per heavy atom. The summed E-state index contributed by atoms with van der Waals surface area (Å²) >= 11 is 5.74. The van der Waals surface area contributed by atoms with Gasteiger partial charge in [-0.3, -0.25) is 19.6 Å². The lowest BCUT2D eigenvalue weighted by Crippen LogP contribution is -2.23. The topological polar surface area (TPSA) is 102 Å². The van der Waals surface area contributed by atoms with Crippen molar-refractivity contribution >= 4 is 29.4 Å². The van der Waals surface area contributed by atoms with Crippen molar-refractivity contribution in [2.45, 2.75) is 6.54 Å². The molecular formula is C12H10ClN5O3. The summed E-state index contributed by atoms with van der Waals surface area (Å²) in [6.07, 6.45) is 3.70. The second-order valence-electron chi connectivity index (χ2n) is 4.00. The zero-order valence-corrected chi connectivity index (χ0v) is 11.4. The molecule has 0 bridgehead atoms. The lowest BCUT2D eigenvalue weighted by atomic mass is 10.2. The summed E-state index contributed by atoms with van der Waals surface area (Å²) in [7, 11) is 0. The van der Waals surface area contributed by atoms with Gasteiger partial charge in [0.2, 0.25) is 0 Å². The molecule has 2 rings (SSSR count). The minimum Gasteiger partial charge on any atom is -0.271 e. The summed E-state index contributed by atoms with van der Waals surface area (Å²) in [6, 6.07) is 6.89. The number of aromatic nitrogens is 2. The molecule has 0 aliphatic carbocycles. The molecule has 1 amide bonds. The molecule has 0 radical (unpaired) electrons. The van der Waals surface area contributed by atoms with Gasteiger partial charge in [-0.1, -0.05) is 23.7 Å². The molecule has 0 fully saturated rings. The van der Waals surface area contributed by atoms with Gasteiger partial charge in [0.1, 0.15) is 18.9 Å². The van der Waals surface area contributed by atoms with Crippen molar-refractivity contribution in [3.05, 3.63) is 57.4 Å². The van der Waals surface area contributed by atoms with Gasteiger partial charge >= 0.3 is 5.69 Å². The Labute approximate surface area is 124 Å². The largest absolute Gasteiger partial charge is 0.307 e. The first-order valence-electron chi connectivity index (χ1n) is 5.79. The molecule has 0 atom stereocenters. The summed E-state index contributed by atoms with van der Waals surface area (Å²) in [5.74, 6) is -0.446. The molecule has 0 spiro atoms. The van der Waals surface area contributed by atoms with E-state index in [-0.39, 0.29) is 12.2 Å². The number of halogens is 1. The van der Waals surface area contributed by atoms with Gasteiger partial charge in [-0.15, -0.1) is 0 Å². The van der Waals surface area contributed by atoms with E-state index in [1.165, 1.54) is 12.4 Å². The highest BCUT2D eigenvalue weighted by atomic mass is 35.5. The molecule has 1 aromatic heterocycles. The van der Waals surface area contributed by atoms with Gasteiger partial charge < -0.3 is 0 Å². The van der Waals surface area contributed by atoms with E-state index in [0.717, 1.165) is 16.4 Å². The highest BCUT2D eigenvalue weighted by Crippen LogP contribution is 2.08. The fraction of sp³-hybridized carbons (Fsp3) is 0.0833. The van der Waals surface area contributed by atoms with Gasteiger partial charge in [0, 0.05) is 5.02 Å². The number of hydrazone groups is 1. The SMILES string of the molecule is O=C(Cn1cc([N+](=O)[O-])cn1)N/N=C\c1ccc(Cl)cc1. The molecule has 2 aromatic rings. The van der Waals surface area contributed by atoms with Crippen LogP contribution in [0.25, 0.3) is 0 Å². The van der Waals surface area contributed by atoms with Crippen LogP contribution in [0, 0.1) is 10.1 Å². The Morgan fingerprint density at radius 2 is 2.19 bits per heavy atom. The Hall–Kier alpha value is -2.74. The molecule has 0 unspecified atom stereocenters. The van der Waals surface area contributed by atoms with Crippen LogP contribution in [0.2, 0.25) is 5.02 Å². The minimum atomic E-state index is -0.583. The molecule has 0 aliphatic heterocycles. The maximum absolute atomic E-state index is 11.6. The van der Waals surface area contributed by atoms with Crippen molar-refractivity contribution in [1.29, 1.82) is 0 Å². The molecule has 8 nitrogen and oxygen atoms in total.